The van der Waals surface area contributed by atoms with Gasteiger partial charge in [-0.15, -0.1) is 5.10 Å². The average molecular weight is 609 g/mol. The van der Waals surface area contributed by atoms with Gasteiger partial charge in [-0.25, -0.2) is 9.07 Å². The normalized spacial score (nSPS) is 12.3. The third kappa shape index (κ3) is 6.77. The van der Waals surface area contributed by atoms with Crippen molar-refractivity contribution in [3.63, 3.8) is 0 Å². The summed E-state index contributed by atoms with van der Waals surface area (Å²) in [6, 6.07) is 6.87. The van der Waals surface area contributed by atoms with Crippen LogP contribution in [0.5, 0.6) is 0 Å². The molecule has 0 saturated heterocycles. The van der Waals surface area contributed by atoms with E-state index in [0.717, 1.165) is 26.9 Å². The van der Waals surface area contributed by atoms with Crippen LogP contribution >= 0.6 is 31.9 Å². The SMILES string of the molecule is Cc1cc(C)c(CC(=O)N(C)CCN(C)Cc2cn([C@H](C)c3ccc(Br)cc3F)nn2)c(C)c1Br. The summed E-state index contributed by atoms with van der Waals surface area (Å²) in [7, 11) is 3.83. The summed E-state index contributed by atoms with van der Waals surface area (Å²) < 4.78 is 17.8. The first kappa shape index (κ1) is 27.5. The molecule has 9 heteroatoms. The predicted octanol–water partition coefficient (Wildman–Crippen LogP) is 5.61. The zero-order valence-corrected chi connectivity index (χ0v) is 24.2. The number of benzene rings is 2. The van der Waals surface area contributed by atoms with Crippen molar-refractivity contribution in [2.24, 2.45) is 0 Å². The highest BCUT2D eigenvalue weighted by molar-refractivity contribution is 9.10. The fourth-order valence-corrected chi connectivity index (χ4v) is 4.80. The van der Waals surface area contributed by atoms with Crippen LogP contribution < -0.4 is 0 Å². The zero-order chi connectivity index (χ0) is 25.9. The molecule has 0 aliphatic rings. The number of hydrogen-bond acceptors (Lipinski definition) is 4. The van der Waals surface area contributed by atoms with Gasteiger partial charge >= 0.3 is 0 Å². The van der Waals surface area contributed by atoms with Crippen LogP contribution in [0.1, 0.15) is 46.5 Å². The van der Waals surface area contributed by atoms with Gasteiger partial charge in [-0.1, -0.05) is 49.2 Å². The van der Waals surface area contributed by atoms with Crippen molar-refractivity contribution in [3.05, 3.63) is 78.7 Å². The quantitative estimate of drug-likeness (QED) is 0.317. The first-order valence-electron chi connectivity index (χ1n) is 11.5. The van der Waals surface area contributed by atoms with Gasteiger partial charge in [0.15, 0.2) is 0 Å². The smallest absolute Gasteiger partial charge is 0.226 e. The minimum Gasteiger partial charge on any atom is -0.344 e. The van der Waals surface area contributed by atoms with Crippen LogP contribution in [0.3, 0.4) is 0 Å². The molecule has 0 aliphatic heterocycles. The van der Waals surface area contributed by atoms with Gasteiger partial charge in [0.05, 0.1) is 24.4 Å². The highest BCUT2D eigenvalue weighted by Gasteiger charge is 2.18. The summed E-state index contributed by atoms with van der Waals surface area (Å²) in [6.07, 6.45) is 2.23. The number of rotatable bonds is 9. The fourth-order valence-electron chi connectivity index (χ4n) is 4.12. The van der Waals surface area contributed by atoms with Crippen molar-refractivity contribution in [2.75, 3.05) is 27.2 Å². The number of nitrogens with zero attached hydrogens (tertiary/aromatic N) is 5. The van der Waals surface area contributed by atoms with Crippen LogP contribution in [-0.4, -0.2) is 57.9 Å². The number of carbonyl (C=O) groups is 1. The van der Waals surface area contributed by atoms with E-state index in [1.165, 1.54) is 11.6 Å². The minimum atomic E-state index is -0.280. The van der Waals surface area contributed by atoms with Gasteiger partial charge in [-0.3, -0.25) is 9.69 Å². The Bertz CT molecular complexity index is 1210. The molecule has 0 unspecified atom stereocenters. The molecule has 0 radical (unpaired) electrons. The molecular weight excluding hydrogens is 577 g/mol. The molecule has 0 bridgehead atoms. The monoisotopic (exact) mass is 607 g/mol. The molecule has 0 N–H and O–H groups in total. The molecule has 3 rings (SSSR count). The standard InChI is InChI=1S/C26H32Br2FN5O/c1-16-11-17(2)26(28)18(3)23(16)13-25(35)33(6)10-9-32(5)14-21-15-34(31-30-21)19(4)22-8-7-20(27)12-24(22)29/h7-8,11-12,15,19H,9-10,13-14H2,1-6H3/t19-/m1/s1. The van der Waals surface area contributed by atoms with E-state index in [9.17, 15) is 9.18 Å². The number of hydrogen-bond donors (Lipinski definition) is 0. The molecule has 3 aromatic rings. The maximum absolute atomic E-state index is 14.3. The van der Waals surface area contributed by atoms with Crippen LogP contribution in [0.2, 0.25) is 0 Å². The molecule has 2 aromatic carbocycles. The number of aryl methyl sites for hydroxylation is 2. The Balaban J connectivity index is 1.54. The summed E-state index contributed by atoms with van der Waals surface area (Å²) in [5.41, 5.74) is 5.88. The summed E-state index contributed by atoms with van der Waals surface area (Å²) in [5, 5.41) is 8.46. The lowest BCUT2D eigenvalue weighted by Gasteiger charge is -2.23. The van der Waals surface area contributed by atoms with Crippen molar-refractivity contribution in [1.82, 2.24) is 24.8 Å². The van der Waals surface area contributed by atoms with Gasteiger partial charge in [-0.2, -0.15) is 0 Å². The molecule has 6 nitrogen and oxygen atoms in total. The number of carbonyl (C=O) groups excluding carboxylic acids is 1. The van der Waals surface area contributed by atoms with Crippen molar-refractivity contribution < 1.29 is 9.18 Å². The molecule has 1 atom stereocenters. The first-order chi connectivity index (χ1) is 16.5. The van der Waals surface area contributed by atoms with Crippen molar-refractivity contribution in [1.29, 1.82) is 0 Å². The maximum Gasteiger partial charge on any atom is 0.226 e. The van der Waals surface area contributed by atoms with Crippen molar-refractivity contribution in [2.45, 2.75) is 46.7 Å². The van der Waals surface area contributed by atoms with Crippen LogP contribution in [-0.2, 0) is 17.8 Å². The summed E-state index contributed by atoms with van der Waals surface area (Å²) in [4.78, 5) is 16.8. The first-order valence-corrected chi connectivity index (χ1v) is 13.1. The zero-order valence-electron chi connectivity index (χ0n) is 21.1. The Labute approximate surface area is 223 Å². The molecule has 1 aromatic heterocycles. The van der Waals surface area contributed by atoms with Crippen LogP contribution in [0.4, 0.5) is 4.39 Å². The van der Waals surface area contributed by atoms with Gasteiger partial charge in [0.25, 0.3) is 0 Å². The average Bonchev–Trinajstić information content (AvgIpc) is 3.26. The summed E-state index contributed by atoms with van der Waals surface area (Å²) in [6.45, 7) is 9.96. The van der Waals surface area contributed by atoms with Crippen LogP contribution in [0.15, 0.2) is 39.4 Å². The van der Waals surface area contributed by atoms with E-state index in [0.29, 0.717) is 36.1 Å². The Hall–Kier alpha value is -2.10. The predicted molar refractivity (Wildman–Crippen MR) is 144 cm³/mol. The van der Waals surface area contributed by atoms with E-state index >= 15 is 0 Å². The Morgan fingerprint density at radius 1 is 1.11 bits per heavy atom. The lowest BCUT2D eigenvalue weighted by Crippen LogP contribution is -2.35. The molecule has 1 heterocycles. The van der Waals surface area contributed by atoms with Crippen LogP contribution in [0, 0.1) is 26.6 Å². The largest absolute Gasteiger partial charge is 0.344 e. The molecule has 188 valence electrons. The lowest BCUT2D eigenvalue weighted by molar-refractivity contribution is -0.129. The highest BCUT2D eigenvalue weighted by atomic mass is 79.9. The van der Waals surface area contributed by atoms with Gasteiger partial charge in [0, 0.05) is 41.2 Å². The van der Waals surface area contributed by atoms with Crippen molar-refractivity contribution >= 4 is 37.8 Å². The Morgan fingerprint density at radius 3 is 2.51 bits per heavy atom. The molecule has 0 aliphatic carbocycles. The van der Waals surface area contributed by atoms with Crippen molar-refractivity contribution in [3.8, 4) is 0 Å². The van der Waals surface area contributed by atoms with E-state index in [1.54, 1.807) is 15.6 Å². The van der Waals surface area contributed by atoms with Gasteiger partial charge in [0.1, 0.15) is 5.82 Å². The molecule has 1 amide bonds. The van der Waals surface area contributed by atoms with Gasteiger partial charge < -0.3 is 4.90 Å². The second kappa shape index (κ2) is 11.8. The lowest BCUT2D eigenvalue weighted by atomic mass is 9.97. The molecule has 35 heavy (non-hydrogen) atoms. The van der Waals surface area contributed by atoms with E-state index in [4.69, 9.17) is 0 Å². The summed E-state index contributed by atoms with van der Waals surface area (Å²) >= 11 is 6.93. The molecular formula is C26H32Br2FN5O. The second-order valence-corrected chi connectivity index (χ2v) is 10.9. The minimum absolute atomic E-state index is 0.0941. The van der Waals surface area contributed by atoms with E-state index in [1.807, 2.05) is 33.3 Å². The van der Waals surface area contributed by atoms with Crippen LogP contribution in [0.25, 0.3) is 0 Å². The topological polar surface area (TPSA) is 54.3 Å². The maximum atomic E-state index is 14.3. The molecule has 0 saturated carbocycles. The Morgan fingerprint density at radius 2 is 1.83 bits per heavy atom. The van der Waals surface area contributed by atoms with Gasteiger partial charge in [0.2, 0.25) is 5.91 Å². The second-order valence-electron chi connectivity index (χ2n) is 9.19. The fraction of sp³-hybridized carbons (Fsp3) is 0.423. The number of amides is 1. The molecule has 0 fully saturated rings. The summed E-state index contributed by atoms with van der Waals surface area (Å²) in [5.74, 6) is -0.186. The van der Waals surface area contributed by atoms with Gasteiger partial charge in [-0.05, 0) is 69.1 Å². The number of aromatic nitrogens is 3. The molecule has 0 spiro atoms. The third-order valence-corrected chi connectivity index (χ3v) is 8.12. The third-order valence-electron chi connectivity index (χ3n) is 6.41. The van der Waals surface area contributed by atoms with E-state index in [2.05, 4.69) is 73.9 Å². The Kier molecular flexibility index (Phi) is 9.23. The number of likely N-dealkylation sites (N-methyl/N-ethyl adjacent to an activating group) is 2. The number of halogens is 3. The van der Waals surface area contributed by atoms with E-state index in [-0.39, 0.29) is 17.8 Å². The highest BCUT2D eigenvalue weighted by Crippen LogP contribution is 2.28. The van der Waals surface area contributed by atoms with E-state index < -0.39 is 0 Å².